The van der Waals surface area contributed by atoms with Gasteiger partial charge in [-0.25, -0.2) is 4.98 Å². The zero-order valence-electron chi connectivity index (χ0n) is 28.7. The Morgan fingerprint density at radius 1 is 0.702 bits per heavy atom. The van der Waals surface area contributed by atoms with Gasteiger partial charge < -0.3 is 5.11 Å². The fourth-order valence-electron chi connectivity index (χ4n) is 5.88. The molecule has 0 bridgehead atoms. The van der Waals surface area contributed by atoms with E-state index < -0.39 is 0 Å². The molecule has 1 N–H and O–H groups in total. The van der Waals surface area contributed by atoms with E-state index in [0.717, 1.165) is 48.7 Å². The Bertz CT molecular complexity index is 2090. The van der Waals surface area contributed by atoms with Crippen LogP contribution in [0.1, 0.15) is 83.6 Å². The molecule has 0 saturated heterocycles. The van der Waals surface area contributed by atoms with Crippen molar-refractivity contribution < 1.29 is 5.11 Å². The van der Waals surface area contributed by atoms with Crippen LogP contribution in [0.2, 0.25) is 0 Å². The Kier molecular flexibility index (Phi) is 8.67. The molecule has 6 aromatic rings. The summed E-state index contributed by atoms with van der Waals surface area (Å²) in [7, 11) is 0. The lowest BCUT2D eigenvalue weighted by Crippen LogP contribution is -2.17. The minimum Gasteiger partial charge on any atom is -0.507 e. The molecule has 5 aromatic carbocycles. The smallest absolute Gasteiger partial charge is 0.128 e. The van der Waals surface area contributed by atoms with Gasteiger partial charge in [-0.3, -0.25) is 4.99 Å². The molecule has 0 amide bonds. The zero-order chi connectivity index (χ0) is 33.5. The summed E-state index contributed by atoms with van der Waals surface area (Å²) in [5.74, 6) is 0.782. The summed E-state index contributed by atoms with van der Waals surface area (Å²) in [6, 6.07) is 36.4. The zero-order valence-corrected chi connectivity index (χ0v) is 29.5. The molecule has 0 saturated carbocycles. The largest absolute Gasteiger partial charge is 0.507 e. The van der Waals surface area contributed by atoms with E-state index in [4.69, 9.17) is 9.98 Å². The first-order chi connectivity index (χ1) is 22.3. The highest BCUT2D eigenvalue weighted by atomic mass is 32.1. The first-order valence-corrected chi connectivity index (χ1v) is 17.2. The van der Waals surface area contributed by atoms with Crippen molar-refractivity contribution in [1.82, 2.24) is 4.98 Å². The topological polar surface area (TPSA) is 45.5 Å². The third kappa shape index (κ3) is 6.80. The number of hydrogen-bond acceptors (Lipinski definition) is 4. The van der Waals surface area contributed by atoms with E-state index >= 15 is 0 Å². The molecule has 0 aliphatic rings. The molecule has 4 heteroatoms. The molecule has 47 heavy (non-hydrogen) atoms. The van der Waals surface area contributed by atoms with E-state index in [2.05, 4.69) is 140 Å². The van der Waals surface area contributed by atoms with Gasteiger partial charge >= 0.3 is 0 Å². The van der Waals surface area contributed by atoms with Crippen LogP contribution in [0.25, 0.3) is 43.0 Å². The molecule has 0 aliphatic carbocycles. The Labute approximate surface area is 283 Å². The summed E-state index contributed by atoms with van der Waals surface area (Å²) in [6.07, 6.45) is 1.80. The summed E-state index contributed by atoms with van der Waals surface area (Å²) >= 11 is 1.68. The van der Waals surface area contributed by atoms with Gasteiger partial charge in [-0.1, -0.05) is 134 Å². The summed E-state index contributed by atoms with van der Waals surface area (Å²) in [4.78, 5) is 10.1. The summed E-state index contributed by atoms with van der Waals surface area (Å²) in [5, 5.41) is 12.2. The quantitative estimate of drug-likeness (QED) is 0.185. The molecule has 0 radical (unpaired) electrons. The average Bonchev–Trinajstić information content (AvgIpc) is 3.48. The predicted molar refractivity (Wildman–Crippen MR) is 203 cm³/mol. The van der Waals surface area contributed by atoms with E-state index in [1.54, 1.807) is 17.6 Å². The second-order valence-corrected chi connectivity index (χ2v) is 15.8. The van der Waals surface area contributed by atoms with Crippen molar-refractivity contribution in [3.8, 4) is 38.6 Å². The fraction of sp³-hybridized carbons (Fsp3) is 0.256. The standard InChI is InChI=1S/C43H44N2OS/c1-27(2)30-13-11-14-31(23-30)28-19-21-29(22-20-28)34-16-12-18-38-39(34)45-41(47-38)35-15-9-10-17-37(35)44-26-32-24-33(42(3,4)5)25-36(40(32)46)43(6,7)8/h9-27,46H,1-8H3. The minimum absolute atomic E-state index is 0.0634. The van der Waals surface area contributed by atoms with Gasteiger partial charge in [0.25, 0.3) is 0 Å². The Hall–Kier alpha value is -4.54. The van der Waals surface area contributed by atoms with Gasteiger partial charge in [-0.05, 0) is 68.8 Å². The molecule has 6 rings (SSSR count). The first-order valence-electron chi connectivity index (χ1n) is 16.4. The molecular formula is C43H44N2OS. The summed E-state index contributed by atoms with van der Waals surface area (Å²) < 4.78 is 1.13. The number of nitrogens with zero attached hydrogens (tertiary/aromatic N) is 2. The number of aromatic nitrogens is 1. The van der Waals surface area contributed by atoms with Gasteiger partial charge in [0.05, 0.1) is 15.9 Å². The van der Waals surface area contributed by atoms with Crippen LogP contribution in [-0.2, 0) is 10.8 Å². The van der Waals surface area contributed by atoms with Crippen LogP contribution in [-0.4, -0.2) is 16.3 Å². The van der Waals surface area contributed by atoms with Crippen molar-refractivity contribution in [2.45, 2.75) is 72.1 Å². The highest BCUT2D eigenvalue weighted by Crippen LogP contribution is 2.41. The van der Waals surface area contributed by atoms with E-state index in [9.17, 15) is 5.11 Å². The maximum absolute atomic E-state index is 11.3. The van der Waals surface area contributed by atoms with Gasteiger partial charge in [0.2, 0.25) is 0 Å². The molecule has 238 valence electrons. The molecule has 0 fully saturated rings. The number of hydrogen-bond donors (Lipinski definition) is 1. The van der Waals surface area contributed by atoms with E-state index in [0.29, 0.717) is 5.92 Å². The molecule has 3 nitrogen and oxygen atoms in total. The van der Waals surface area contributed by atoms with Crippen LogP contribution in [0.5, 0.6) is 5.75 Å². The molecule has 1 aromatic heterocycles. The van der Waals surface area contributed by atoms with Crippen LogP contribution >= 0.6 is 11.3 Å². The van der Waals surface area contributed by atoms with E-state index in [-0.39, 0.29) is 16.6 Å². The third-order valence-corrected chi connectivity index (χ3v) is 9.85. The van der Waals surface area contributed by atoms with Gasteiger partial charge in [-0.15, -0.1) is 11.3 Å². The van der Waals surface area contributed by atoms with E-state index in [1.165, 1.54) is 22.3 Å². The van der Waals surface area contributed by atoms with Crippen molar-refractivity contribution in [3.05, 3.63) is 125 Å². The first kappa shape index (κ1) is 32.4. The Balaban J connectivity index is 1.36. The van der Waals surface area contributed by atoms with Crippen molar-refractivity contribution in [3.63, 3.8) is 0 Å². The summed E-state index contributed by atoms with van der Waals surface area (Å²) in [6.45, 7) is 17.4. The van der Waals surface area contributed by atoms with Crippen molar-refractivity contribution in [2.75, 3.05) is 0 Å². The lowest BCUT2D eigenvalue weighted by atomic mass is 9.79. The predicted octanol–water partition coefficient (Wildman–Crippen LogP) is 12.5. The molecule has 1 heterocycles. The summed E-state index contributed by atoms with van der Waals surface area (Å²) in [5.41, 5.74) is 11.4. The van der Waals surface area contributed by atoms with Gasteiger partial charge in [-0.2, -0.15) is 0 Å². The van der Waals surface area contributed by atoms with Gasteiger partial charge in [0, 0.05) is 28.5 Å². The minimum atomic E-state index is -0.205. The number of aliphatic imine (C=N–C) groups is 1. The second kappa shape index (κ2) is 12.6. The number of rotatable bonds is 6. The molecule has 0 spiro atoms. The third-order valence-electron chi connectivity index (χ3n) is 8.79. The Morgan fingerprint density at radius 2 is 1.38 bits per heavy atom. The number of aromatic hydroxyl groups is 1. The number of fused-ring (bicyclic) bond motifs is 1. The average molecular weight is 637 g/mol. The van der Waals surface area contributed by atoms with Gasteiger partial charge in [0.1, 0.15) is 10.8 Å². The van der Waals surface area contributed by atoms with Crippen LogP contribution in [0.4, 0.5) is 5.69 Å². The number of phenols is 1. The number of benzene rings is 5. The lowest BCUT2D eigenvalue weighted by molar-refractivity contribution is 0.444. The monoisotopic (exact) mass is 636 g/mol. The maximum Gasteiger partial charge on any atom is 0.128 e. The fourth-order valence-corrected chi connectivity index (χ4v) is 6.91. The molecule has 0 aliphatic heterocycles. The molecule has 0 unspecified atom stereocenters. The second-order valence-electron chi connectivity index (χ2n) is 14.8. The van der Waals surface area contributed by atoms with Crippen LogP contribution in [0, 0.1) is 0 Å². The van der Waals surface area contributed by atoms with Crippen LogP contribution in [0.3, 0.4) is 0 Å². The van der Waals surface area contributed by atoms with Crippen molar-refractivity contribution >= 4 is 33.5 Å². The normalized spacial score (nSPS) is 12.4. The molecule has 0 atom stereocenters. The highest BCUT2D eigenvalue weighted by molar-refractivity contribution is 7.21. The number of phenolic OH excluding ortho intramolecular Hbond substituents is 1. The Morgan fingerprint density at radius 3 is 2.09 bits per heavy atom. The van der Waals surface area contributed by atoms with Crippen molar-refractivity contribution in [2.24, 2.45) is 4.99 Å². The van der Waals surface area contributed by atoms with Gasteiger partial charge in [0.15, 0.2) is 0 Å². The number of para-hydroxylation sites is 2. The SMILES string of the molecule is CC(C)c1cccc(-c2ccc(-c3cccc4sc(-c5ccccc5N=Cc5cc(C(C)(C)C)cc(C(C)(C)C)c5O)nc34)cc2)c1. The highest BCUT2D eigenvalue weighted by Gasteiger charge is 2.24. The maximum atomic E-state index is 11.3. The van der Waals surface area contributed by atoms with Crippen LogP contribution < -0.4 is 0 Å². The lowest BCUT2D eigenvalue weighted by Gasteiger charge is -2.27. The van der Waals surface area contributed by atoms with E-state index in [1.807, 2.05) is 18.2 Å². The van der Waals surface area contributed by atoms with Crippen molar-refractivity contribution in [1.29, 1.82) is 0 Å². The number of thiazole rings is 1. The molecular weight excluding hydrogens is 593 g/mol. The van der Waals surface area contributed by atoms with Crippen LogP contribution in [0.15, 0.2) is 108 Å².